The van der Waals surface area contributed by atoms with E-state index in [-0.39, 0.29) is 0 Å². The van der Waals surface area contributed by atoms with Crippen molar-refractivity contribution in [3.05, 3.63) is 17.8 Å². The molecule has 0 saturated carbocycles. The summed E-state index contributed by atoms with van der Waals surface area (Å²) in [5.74, 6) is 0.843. The van der Waals surface area contributed by atoms with Gasteiger partial charge < -0.3 is 10.1 Å². The summed E-state index contributed by atoms with van der Waals surface area (Å²) in [5, 5.41) is 11.1. The van der Waals surface area contributed by atoms with Gasteiger partial charge in [-0.3, -0.25) is 0 Å². The van der Waals surface area contributed by atoms with Gasteiger partial charge in [0.1, 0.15) is 5.82 Å². The second kappa shape index (κ2) is 3.70. The number of aromatic nitrogens is 2. The number of hydrogen-bond acceptors (Lipinski definition) is 4. The molecule has 4 nitrogen and oxygen atoms in total. The summed E-state index contributed by atoms with van der Waals surface area (Å²) < 4.78 is 5.25. The van der Waals surface area contributed by atoms with E-state index in [1.165, 1.54) is 0 Å². The lowest BCUT2D eigenvalue weighted by Gasteiger charge is -2.10. The highest BCUT2D eigenvalue weighted by molar-refractivity contribution is 5.36. The van der Waals surface area contributed by atoms with Crippen molar-refractivity contribution in [1.82, 2.24) is 10.2 Å². The molecule has 70 valence electrons. The Labute approximate surface area is 77.3 Å². The van der Waals surface area contributed by atoms with Crippen LogP contribution in [-0.2, 0) is 4.74 Å². The molecule has 1 aliphatic rings. The highest BCUT2D eigenvalue weighted by atomic mass is 16.5. The standard InChI is InChI=1S/C9H13N3O/c1-7-4-9(12-10-5-7)11-8-2-3-13-6-8/h4-5,8H,2-3,6H2,1H3,(H,11,12). The Kier molecular flexibility index (Phi) is 2.40. The van der Waals surface area contributed by atoms with Gasteiger partial charge in [-0.1, -0.05) is 0 Å². The molecule has 1 aromatic rings. The van der Waals surface area contributed by atoms with E-state index >= 15 is 0 Å². The van der Waals surface area contributed by atoms with Gasteiger partial charge in [0.2, 0.25) is 0 Å². The van der Waals surface area contributed by atoms with Gasteiger partial charge in [0, 0.05) is 6.61 Å². The minimum Gasteiger partial charge on any atom is -0.379 e. The lowest BCUT2D eigenvalue weighted by atomic mass is 10.2. The minimum atomic E-state index is 0.399. The van der Waals surface area contributed by atoms with E-state index in [9.17, 15) is 0 Å². The zero-order chi connectivity index (χ0) is 9.10. The quantitative estimate of drug-likeness (QED) is 0.735. The molecule has 0 spiro atoms. The molecule has 1 fully saturated rings. The van der Waals surface area contributed by atoms with Crippen LogP contribution in [0.5, 0.6) is 0 Å². The molecule has 13 heavy (non-hydrogen) atoms. The SMILES string of the molecule is Cc1cnnc(NC2CCOC2)c1. The van der Waals surface area contributed by atoms with Gasteiger partial charge in [0.05, 0.1) is 18.8 Å². The van der Waals surface area contributed by atoms with Crippen LogP contribution >= 0.6 is 0 Å². The van der Waals surface area contributed by atoms with Crippen molar-refractivity contribution in [2.75, 3.05) is 18.5 Å². The third kappa shape index (κ3) is 2.15. The molecule has 2 rings (SSSR count). The molecular formula is C9H13N3O. The lowest BCUT2D eigenvalue weighted by molar-refractivity contribution is 0.195. The first-order chi connectivity index (χ1) is 6.34. The molecular weight excluding hydrogens is 166 g/mol. The lowest BCUT2D eigenvalue weighted by Crippen LogP contribution is -2.19. The second-order valence-electron chi connectivity index (χ2n) is 3.32. The molecule has 4 heteroatoms. The molecule has 0 aliphatic carbocycles. The van der Waals surface area contributed by atoms with E-state index in [0.717, 1.165) is 31.0 Å². The zero-order valence-electron chi connectivity index (χ0n) is 7.66. The van der Waals surface area contributed by atoms with Crippen LogP contribution in [0, 0.1) is 6.92 Å². The third-order valence-electron chi connectivity index (χ3n) is 2.07. The molecule has 0 aromatic carbocycles. The van der Waals surface area contributed by atoms with Crippen LogP contribution in [0.1, 0.15) is 12.0 Å². The average molecular weight is 179 g/mol. The van der Waals surface area contributed by atoms with Crippen molar-refractivity contribution in [3.63, 3.8) is 0 Å². The number of ether oxygens (including phenoxy) is 1. The molecule has 1 unspecified atom stereocenters. The van der Waals surface area contributed by atoms with Gasteiger partial charge in [0.15, 0.2) is 0 Å². The van der Waals surface area contributed by atoms with E-state index < -0.39 is 0 Å². The number of nitrogens with zero attached hydrogens (tertiary/aromatic N) is 2. The Morgan fingerprint density at radius 1 is 1.62 bits per heavy atom. The van der Waals surface area contributed by atoms with Gasteiger partial charge in [-0.15, -0.1) is 5.10 Å². The molecule has 0 bridgehead atoms. The van der Waals surface area contributed by atoms with Crippen LogP contribution in [-0.4, -0.2) is 29.5 Å². The van der Waals surface area contributed by atoms with Crippen LogP contribution in [0.15, 0.2) is 12.3 Å². The summed E-state index contributed by atoms with van der Waals surface area (Å²) in [4.78, 5) is 0. The van der Waals surface area contributed by atoms with E-state index in [0.29, 0.717) is 6.04 Å². The van der Waals surface area contributed by atoms with Gasteiger partial charge in [-0.2, -0.15) is 5.10 Å². The van der Waals surface area contributed by atoms with Crippen molar-refractivity contribution in [2.24, 2.45) is 0 Å². The molecule has 2 heterocycles. The van der Waals surface area contributed by atoms with Crippen LogP contribution in [0.4, 0.5) is 5.82 Å². The predicted octanol–water partition coefficient (Wildman–Crippen LogP) is 0.986. The van der Waals surface area contributed by atoms with E-state index in [1.54, 1.807) is 6.20 Å². The normalized spacial score (nSPS) is 21.8. The number of nitrogens with one attached hydrogen (secondary N) is 1. The summed E-state index contributed by atoms with van der Waals surface area (Å²) in [6.07, 6.45) is 2.80. The molecule has 1 atom stereocenters. The Morgan fingerprint density at radius 3 is 3.23 bits per heavy atom. The fourth-order valence-corrected chi connectivity index (χ4v) is 1.39. The Morgan fingerprint density at radius 2 is 2.54 bits per heavy atom. The minimum absolute atomic E-state index is 0.399. The monoisotopic (exact) mass is 179 g/mol. The Bertz CT molecular complexity index is 284. The van der Waals surface area contributed by atoms with Crippen molar-refractivity contribution >= 4 is 5.82 Å². The van der Waals surface area contributed by atoms with Gasteiger partial charge in [0.25, 0.3) is 0 Å². The van der Waals surface area contributed by atoms with Crippen molar-refractivity contribution in [1.29, 1.82) is 0 Å². The molecule has 1 aromatic heterocycles. The van der Waals surface area contributed by atoms with E-state index in [4.69, 9.17) is 4.74 Å². The second-order valence-corrected chi connectivity index (χ2v) is 3.32. The fraction of sp³-hybridized carbons (Fsp3) is 0.556. The molecule has 1 saturated heterocycles. The van der Waals surface area contributed by atoms with Crippen molar-refractivity contribution in [2.45, 2.75) is 19.4 Å². The highest BCUT2D eigenvalue weighted by Gasteiger charge is 2.15. The van der Waals surface area contributed by atoms with Crippen LogP contribution in [0.25, 0.3) is 0 Å². The number of rotatable bonds is 2. The molecule has 1 N–H and O–H groups in total. The highest BCUT2D eigenvalue weighted by Crippen LogP contribution is 2.11. The number of anilines is 1. The van der Waals surface area contributed by atoms with Gasteiger partial charge in [-0.25, -0.2) is 0 Å². The molecule has 1 aliphatic heterocycles. The van der Waals surface area contributed by atoms with Crippen LogP contribution < -0.4 is 5.32 Å². The molecule has 0 radical (unpaired) electrons. The fourth-order valence-electron chi connectivity index (χ4n) is 1.39. The summed E-state index contributed by atoms with van der Waals surface area (Å²) in [6.45, 7) is 3.62. The maximum Gasteiger partial charge on any atom is 0.149 e. The van der Waals surface area contributed by atoms with Crippen LogP contribution in [0.3, 0.4) is 0 Å². The largest absolute Gasteiger partial charge is 0.379 e. The van der Waals surface area contributed by atoms with Gasteiger partial charge in [-0.05, 0) is 25.0 Å². The summed E-state index contributed by atoms with van der Waals surface area (Å²) in [7, 11) is 0. The average Bonchev–Trinajstić information content (AvgIpc) is 2.57. The first-order valence-electron chi connectivity index (χ1n) is 4.48. The van der Waals surface area contributed by atoms with Gasteiger partial charge >= 0.3 is 0 Å². The van der Waals surface area contributed by atoms with E-state index in [2.05, 4.69) is 15.5 Å². The zero-order valence-corrected chi connectivity index (χ0v) is 7.66. The van der Waals surface area contributed by atoms with Crippen LogP contribution in [0.2, 0.25) is 0 Å². The third-order valence-corrected chi connectivity index (χ3v) is 2.07. The maximum atomic E-state index is 5.25. The topological polar surface area (TPSA) is 47.0 Å². The molecule has 0 amide bonds. The summed E-state index contributed by atoms with van der Waals surface area (Å²) in [6, 6.07) is 2.39. The number of aryl methyl sites for hydroxylation is 1. The van der Waals surface area contributed by atoms with Crippen molar-refractivity contribution < 1.29 is 4.74 Å². The predicted molar refractivity (Wildman–Crippen MR) is 49.6 cm³/mol. The smallest absolute Gasteiger partial charge is 0.149 e. The van der Waals surface area contributed by atoms with Crippen molar-refractivity contribution in [3.8, 4) is 0 Å². The Hall–Kier alpha value is -1.16. The summed E-state index contributed by atoms with van der Waals surface area (Å²) in [5.41, 5.74) is 1.12. The van der Waals surface area contributed by atoms with E-state index in [1.807, 2.05) is 13.0 Å². The number of hydrogen-bond donors (Lipinski definition) is 1. The summed E-state index contributed by atoms with van der Waals surface area (Å²) >= 11 is 0. The maximum absolute atomic E-state index is 5.25. The first-order valence-corrected chi connectivity index (χ1v) is 4.48. The first kappa shape index (κ1) is 8.44. The Balaban J connectivity index is 2.00.